The summed E-state index contributed by atoms with van der Waals surface area (Å²) in [6.45, 7) is 7.05. The van der Waals surface area contributed by atoms with E-state index in [9.17, 15) is 4.79 Å². The molecule has 1 atom stereocenters. The van der Waals surface area contributed by atoms with Crippen molar-refractivity contribution < 1.29 is 4.79 Å². The van der Waals surface area contributed by atoms with Crippen molar-refractivity contribution in [2.24, 2.45) is 0 Å². The van der Waals surface area contributed by atoms with E-state index in [1.165, 1.54) is 0 Å². The summed E-state index contributed by atoms with van der Waals surface area (Å²) in [4.78, 5) is 20.0. The molecule has 1 amide bonds. The lowest BCUT2D eigenvalue weighted by Gasteiger charge is -2.23. The van der Waals surface area contributed by atoms with Crippen LogP contribution in [-0.2, 0) is 10.2 Å². The van der Waals surface area contributed by atoms with Gasteiger partial charge in [-0.1, -0.05) is 20.8 Å². The first-order valence-electron chi connectivity index (χ1n) is 6.06. The van der Waals surface area contributed by atoms with Gasteiger partial charge in [0, 0.05) is 36.7 Å². The third-order valence-corrected chi connectivity index (χ3v) is 3.12. The summed E-state index contributed by atoms with van der Waals surface area (Å²) in [5.74, 6) is 0.453. The number of amides is 1. The van der Waals surface area contributed by atoms with Gasteiger partial charge in [0.05, 0.1) is 11.4 Å². The number of nitrogens with zero attached hydrogens (tertiary/aromatic N) is 2. The molecule has 1 aliphatic heterocycles. The zero-order valence-electron chi connectivity index (χ0n) is 10.7. The van der Waals surface area contributed by atoms with E-state index in [1.54, 1.807) is 0 Å². The molecule has 1 fully saturated rings. The summed E-state index contributed by atoms with van der Waals surface area (Å²) in [5.41, 5.74) is 2.02. The highest BCUT2D eigenvalue weighted by molar-refractivity contribution is 5.76. The Kier molecular flexibility index (Phi) is 3.13. The predicted molar refractivity (Wildman–Crippen MR) is 65.7 cm³/mol. The number of nitrogens with one attached hydrogen (secondary N) is 1. The van der Waals surface area contributed by atoms with Gasteiger partial charge in [0.25, 0.3) is 0 Å². The maximum absolute atomic E-state index is 11.1. The van der Waals surface area contributed by atoms with Gasteiger partial charge in [-0.25, -0.2) is 0 Å². The average molecular weight is 233 g/mol. The minimum atomic E-state index is 0.0340. The summed E-state index contributed by atoms with van der Waals surface area (Å²) in [6, 6.07) is 0. The van der Waals surface area contributed by atoms with Crippen LogP contribution < -0.4 is 5.32 Å². The Morgan fingerprint density at radius 3 is 2.53 bits per heavy atom. The molecule has 1 unspecified atom stereocenters. The number of carbonyl (C=O) groups excluding carboxylic acids is 1. The minimum absolute atomic E-state index is 0.0340. The third-order valence-electron chi connectivity index (χ3n) is 3.12. The largest absolute Gasteiger partial charge is 0.355 e. The SMILES string of the molecule is CC(C)(C)c1cnc(C2CCC(=O)NC2)cn1. The van der Waals surface area contributed by atoms with Crippen LogP contribution in [0.15, 0.2) is 12.4 Å². The lowest BCUT2D eigenvalue weighted by atomic mass is 9.92. The van der Waals surface area contributed by atoms with Crippen LogP contribution in [0, 0.1) is 0 Å². The van der Waals surface area contributed by atoms with E-state index in [1.807, 2.05) is 12.4 Å². The summed E-state index contributed by atoms with van der Waals surface area (Å²) < 4.78 is 0. The summed E-state index contributed by atoms with van der Waals surface area (Å²) >= 11 is 0. The van der Waals surface area contributed by atoms with Crippen molar-refractivity contribution in [2.75, 3.05) is 6.54 Å². The molecule has 0 radical (unpaired) electrons. The third kappa shape index (κ3) is 2.81. The lowest BCUT2D eigenvalue weighted by molar-refractivity contribution is -0.122. The summed E-state index contributed by atoms with van der Waals surface area (Å²) in [7, 11) is 0. The van der Waals surface area contributed by atoms with Gasteiger partial charge in [-0.3, -0.25) is 14.8 Å². The van der Waals surface area contributed by atoms with Crippen molar-refractivity contribution in [1.29, 1.82) is 0 Å². The van der Waals surface area contributed by atoms with Gasteiger partial charge < -0.3 is 5.32 Å². The molecule has 92 valence electrons. The molecule has 0 aliphatic carbocycles. The van der Waals surface area contributed by atoms with E-state index in [2.05, 4.69) is 36.1 Å². The van der Waals surface area contributed by atoms with Crippen molar-refractivity contribution >= 4 is 5.91 Å². The van der Waals surface area contributed by atoms with Crippen molar-refractivity contribution in [2.45, 2.75) is 44.9 Å². The van der Waals surface area contributed by atoms with Gasteiger partial charge in [-0.15, -0.1) is 0 Å². The molecule has 1 aliphatic rings. The van der Waals surface area contributed by atoms with Crippen LogP contribution in [0.1, 0.15) is 50.9 Å². The minimum Gasteiger partial charge on any atom is -0.355 e. The van der Waals surface area contributed by atoms with Crippen LogP contribution >= 0.6 is 0 Å². The van der Waals surface area contributed by atoms with E-state index in [-0.39, 0.29) is 11.3 Å². The van der Waals surface area contributed by atoms with Crippen molar-refractivity contribution in [3.63, 3.8) is 0 Å². The molecule has 4 nitrogen and oxygen atoms in total. The van der Waals surface area contributed by atoms with Crippen LogP contribution in [0.25, 0.3) is 0 Å². The van der Waals surface area contributed by atoms with E-state index < -0.39 is 0 Å². The lowest BCUT2D eigenvalue weighted by Crippen LogP contribution is -2.34. The second kappa shape index (κ2) is 4.43. The first kappa shape index (κ1) is 12.0. The zero-order valence-corrected chi connectivity index (χ0v) is 10.7. The average Bonchev–Trinajstić information content (AvgIpc) is 2.29. The fraction of sp³-hybridized carbons (Fsp3) is 0.615. The Labute approximate surface area is 102 Å². The molecule has 1 saturated heterocycles. The molecule has 2 heterocycles. The standard InChI is InChI=1S/C13H19N3O/c1-13(2,3)11-8-14-10(7-15-11)9-4-5-12(17)16-6-9/h7-9H,4-6H2,1-3H3,(H,16,17). The van der Waals surface area contributed by atoms with Gasteiger partial charge in [0.1, 0.15) is 0 Å². The maximum atomic E-state index is 11.1. The summed E-state index contributed by atoms with van der Waals surface area (Å²) in [5, 5.41) is 2.87. The van der Waals surface area contributed by atoms with E-state index in [0.29, 0.717) is 18.9 Å². The smallest absolute Gasteiger partial charge is 0.220 e. The molecule has 0 aromatic carbocycles. The predicted octanol–water partition coefficient (Wildman–Crippen LogP) is 1.77. The highest BCUT2D eigenvalue weighted by Gasteiger charge is 2.22. The molecule has 0 bridgehead atoms. The first-order valence-corrected chi connectivity index (χ1v) is 6.06. The topological polar surface area (TPSA) is 54.9 Å². The fourth-order valence-corrected chi connectivity index (χ4v) is 1.92. The van der Waals surface area contributed by atoms with Crippen LogP contribution in [0.3, 0.4) is 0 Å². The monoisotopic (exact) mass is 233 g/mol. The number of carbonyl (C=O) groups is 1. The van der Waals surface area contributed by atoms with E-state index in [0.717, 1.165) is 17.8 Å². The van der Waals surface area contributed by atoms with Gasteiger partial charge in [0.2, 0.25) is 5.91 Å². The van der Waals surface area contributed by atoms with Gasteiger partial charge in [-0.2, -0.15) is 0 Å². The molecule has 1 aromatic heterocycles. The van der Waals surface area contributed by atoms with Gasteiger partial charge in [-0.05, 0) is 6.42 Å². The molecular weight excluding hydrogens is 214 g/mol. The Bertz CT molecular complexity index is 396. The number of hydrogen-bond acceptors (Lipinski definition) is 3. The molecular formula is C13H19N3O. The molecule has 17 heavy (non-hydrogen) atoms. The Morgan fingerprint density at radius 2 is 2.06 bits per heavy atom. The maximum Gasteiger partial charge on any atom is 0.220 e. The zero-order chi connectivity index (χ0) is 12.5. The number of hydrogen-bond donors (Lipinski definition) is 1. The Morgan fingerprint density at radius 1 is 1.29 bits per heavy atom. The van der Waals surface area contributed by atoms with Crippen LogP contribution in [0.2, 0.25) is 0 Å². The summed E-state index contributed by atoms with van der Waals surface area (Å²) in [6.07, 6.45) is 5.16. The number of rotatable bonds is 1. The highest BCUT2D eigenvalue weighted by atomic mass is 16.1. The van der Waals surface area contributed by atoms with Crippen LogP contribution in [0.4, 0.5) is 0 Å². The Hall–Kier alpha value is -1.45. The molecule has 0 saturated carbocycles. The fourth-order valence-electron chi connectivity index (χ4n) is 1.92. The molecule has 1 N–H and O–H groups in total. The van der Waals surface area contributed by atoms with Crippen molar-refractivity contribution in [3.8, 4) is 0 Å². The normalized spacial score (nSPS) is 21.1. The van der Waals surface area contributed by atoms with E-state index >= 15 is 0 Å². The number of aromatic nitrogens is 2. The van der Waals surface area contributed by atoms with Gasteiger partial charge in [0.15, 0.2) is 0 Å². The second-order valence-electron chi connectivity index (χ2n) is 5.62. The van der Waals surface area contributed by atoms with E-state index in [4.69, 9.17) is 0 Å². The van der Waals surface area contributed by atoms with Crippen molar-refractivity contribution in [1.82, 2.24) is 15.3 Å². The number of piperidine rings is 1. The van der Waals surface area contributed by atoms with Crippen molar-refractivity contribution in [3.05, 3.63) is 23.8 Å². The molecule has 0 spiro atoms. The molecule has 1 aromatic rings. The molecule has 4 heteroatoms. The second-order valence-corrected chi connectivity index (χ2v) is 5.62. The quantitative estimate of drug-likeness (QED) is 0.804. The van der Waals surface area contributed by atoms with Gasteiger partial charge >= 0.3 is 0 Å². The molecule has 2 rings (SSSR count). The Balaban J connectivity index is 2.10. The van der Waals surface area contributed by atoms with Crippen LogP contribution in [0.5, 0.6) is 0 Å². The van der Waals surface area contributed by atoms with Crippen LogP contribution in [-0.4, -0.2) is 22.4 Å². The highest BCUT2D eigenvalue weighted by Crippen LogP contribution is 2.23. The first-order chi connectivity index (χ1) is 7.97.